The summed E-state index contributed by atoms with van der Waals surface area (Å²) in [7, 11) is 0. The number of benzene rings is 3. The molecule has 1 spiro atoms. The van der Waals surface area contributed by atoms with Crippen molar-refractivity contribution in [2.24, 2.45) is 4.99 Å². The van der Waals surface area contributed by atoms with Gasteiger partial charge in [-0.1, -0.05) is 104 Å². The Labute approximate surface area is 182 Å². The Morgan fingerprint density at radius 1 is 0.806 bits per heavy atom. The zero-order valence-corrected chi connectivity index (χ0v) is 17.4. The quantitative estimate of drug-likeness (QED) is 0.664. The van der Waals surface area contributed by atoms with Crippen LogP contribution in [0.4, 0.5) is 0 Å². The third kappa shape index (κ3) is 3.28. The second-order valence-electron chi connectivity index (χ2n) is 8.49. The standard InChI is InChI=1S/C27H26N2O2/c30-25-26(18-10-11-19-26)28-24(29(25)20-21-12-4-1-5-13-21)27(31,22-14-6-2-7-15-22)23-16-8-3-9-17-23/h1-9,12-17,31H,10-11,18-20H2. The molecule has 156 valence electrons. The van der Waals surface area contributed by atoms with Crippen LogP contribution in [0.3, 0.4) is 0 Å². The fraction of sp³-hybridized carbons (Fsp3) is 0.259. The molecule has 0 saturated heterocycles. The molecule has 1 aliphatic carbocycles. The number of aliphatic hydroxyl groups is 1. The van der Waals surface area contributed by atoms with Gasteiger partial charge in [-0.25, -0.2) is 0 Å². The van der Waals surface area contributed by atoms with E-state index in [9.17, 15) is 9.90 Å². The van der Waals surface area contributed by atoms with Gasteiger partial charge in [0.25, 0.3) is 5.91 Å². The van der Waals surface area contributed by atoms with Crippen LogP contribution in [0.15, 0.2) is 96.0 Å². The van der Waals surface area contributed by atoms with Crippen molar-refractivity contribution in [2.45, 2.75) is 43.4 Å². The fourth-order valence-corrected chi connectivity index (χ4v) is 4.92. The molecule has 1 fully saturated rings. The van der Waals surface area contributed by atoms with Crippen LogP contribution in [0.1, 0.15) is 42.4 Å². The van der Waals surface area contributed by atoms with Gasteiger partial charge in [0.15, 0.2) is 5.60 Å². The predicted octanol–water partition coefficient (Wildman–Crippen LogP) is 4.68. The SMILES string of the molecule is O=C1N(Cc2ccccc2)C(C(O)(c2ccccc2)c2ccccc2)=NC12CCCC2. The highest BCUT2D eigenvalue weighted by Gasteiger charge is 2.55. The fourth-order valence-electron chi connectivity index (χ4n) is 4.92. The van der Waals surface area contributed by atoms with Crippen molar-refractivity contribution in [1.29, 1.82) is 0 Å². The number of hydrogen-bond acceptors (Lipinski definition) is 3. The monoisotopic (exact) mass is 410 g/mol. The van der Waals surface area contributed by atoms with Crippen LogP contribution >= 0.6 is 0 Å². The number of hydrogen-bond donors (Lipinski definition) is 1. The lowest BCUT2D eigenvalue weighted by Crippen LogP contribution is -2.48. The van der Waals surface area contributed by atoms with Gasteiger partial charge in [-0.2, -0.15) is 0 Å². The molecule has 0 atom stereocenters. The summed E-state index contributed by atoms with van der Waals surface area (Å²) in [6.07, 6.45) is 3.44. The van der Waals surface area contributed by atoms with Gasteiger partial charge in [0, 0.05) is 0 Å². The van der Waals surface area contributed by atoms with E-state index in [-0.39, 0.29) is 5.91 Å². The Morgan fingerprint density at radius 2 is 1.29 bits per heavy atom. The molecule has 0 unspecified atom stereocenters. The largest absolute Gasteiger partial charge is 0.373 e. The predicted molar refractivity (Wildman–Crippen MR) is 122 cm³/mol. The van der Waals surface area contributed by atoms with Gasteiger partial charge >= 0.3 is 0 Å². The van der Waals surface area contributed by atoms with E-state index in [0.717, 1.165) is 31.2 Å². The first-order valence-corrected chi connectivity index (χ1v) is 10.9. The first kappa shape index (κ1) is 19.7. The number of carbonyl (C=O) groups excluding carboxylic acids is 1. The minimum atomic E-state index is -1.51. The normalized spacial score (nSPS) is 17.9. The number of amidine groups is 1. The molecule has 0 bridgehead atoms. The minimum absolute atomic E-state index is 0.00846. The van der Waals surface area contributed by atoms with Crippen molar-refractivity contribution < 1.29 is 9.90 Å². The smallest absolute Gasteiger partial charge is 0.256 e. The molecule has 1 N–H and O–H groups in total. The lowest BCUT2D eigenvalue weighted by molar-refractivity contribution is -0.131. The number of carbonyl (C=O) groups is 1. The number of amides is 1. The van der Waals surface area contributed by atoms with Gasteiger partial charge in [-0.05, 0) is 29.5 Å². The first-order valence-electron chi connectivity index (χ1n) is 10.9. The van der Waals surface area contributed by atoms with Crippen LogP contribution in [0.25, 0.3) is 0 Å². The van der Waals surface area contributed by atoms with E-state index in [2.05, 4.69) is 0 Å². The molecule has 1 heterocycles. The number of rotatable bonds is 5. The van der Waals surface area contributed by atoms with Gasteiger partial charge in [0.1, 0.15) is 11.4 Å². The van der Waals surface area contributed by atoms with Crippen LogP contribution in [0.2, 0.25) is 0 Å². The molecular weight excluding hydrogens is 384 g/mol. The lowest BCUT2D eigenvalue weighted by atomic mass is 9.84. The summed E-state index contributed by atoms with van der Waals surface area (Å²) in [5.74, 6) is 0.440. The van der Waals surface area contributed by atoms with E-state index < -0.39 is 11.1 Å². The lowest BCUT2D eigenvalue weighted by Gasteiger charge is -2.34. The zero-order valence-electron chi connectivity index (χ0n) is 17.4. The summed E-state index contributed by atoms with van der Waals surface area (Å²) >= 11 is 0. The van der Waals surface area contributed by atoms with Crippen LogP contribution < -0.4 is 0 Å². The van der Waals surface area contributed by atoms with E-state index in [4.69, 9.17) is 4.99 Å². The molecule has 0 radical (unpaired) electrons. The Hall–Kier alpha value is -3.24. The molecule has 3 aromatic carbocycles. The summed E-state index contributed by atoms with van der Waals surface area (Å²) in [5, 5.41) is 12.3. The first-order chi connectivity index (χ1) is 15.1. The maximum absolute atomic E-state index is 13.8. The number of nitrogens with zero attached hydrogens (tertiary/aromatic N) is 2. The molecule has 0 aromatic heterocycles. The Bertz CT molecular complexity index is 1050. The summed E-state index contributed by atoms with van der Waals surface area (Å²) in [6, 6.07) is 29.0. The summed E-state index contributed by atoms with van der Waals surface area (Å²) in [5.41, 5.74) is 0.171. The molecule has 1 aliphatic heterocycles. The molecule has 1 amide bonds. The molecule has 4 heteroatoms. The molecule has 31 heavy (non-hydrogen) atoms. The van der Waals surface area contributed by atoms with E-state index in [1.54, 1.807) is 4.90 Å². The van der Waals surface area contributed by atoms with Crippen LogP contribution in [0.5, 0.6) is 0 Å². The summed E-state index contributed by atoms with van der Waals surface area (Å²) in [6.45, 7) is 0.391. The Balaban J connectivity index is 1.69. The van der Waals surface area contributed by atoms with Crippen molar-refractivity contribution in [1.82, 2.24) is 4.90 Å². The molecular formula is C27H26N2O2. The molecule has 4 nitrogen and oxygen atoms in total. The van der Waals surface area contributed by atoms with Gasteiger partial charge in [0.05, 0.1) is 6.54 Å². The van der Waals surface area contributed by atoms with Gasteiger partial charge in [-0.15, -0.1) is 0 Å². The van der Waals surface area contributed by atoms with Gasteiger partial charge in [-0.3, -0.25) is 14.7 Å². The highest BCUT2D eigenvalue weighted by atomic mass is 16.3. The maximum atomic E-state index is 13.8. The average Bonchev–Trinajstić information content (AvgIpc) is 3.42. The Morgan fingerprint density at radius 3 is 1.81 bits per heavy atom. The minimum Gasteiger partial charge on any atom is -0.373 e. The highest BCUT2D eigenvalue weighted by molar-refractivity contribution is 6.12. The Kier molecular flexibility index (Phi) is 4.95. The van der Waals surface area contributed by atoms with Gasteiger partial charge < -0.3 is 5.11 Å². The number of aliphatic imine (C=N–C) groups is 1. The molecule has 1 saturated carbocycles. The third-order valence-corrected chi connectivity index (χ3v) is 6.54. The molecule has 5 rings (SSSR count). The summed E-state index contributed by atoms with van der Waals surface area (Å²) < 4.78 is 0. The maximum Gasteiger partial charge on any atom is 0.256 e. The van der Waals surface area contributed by atoms with Gasteiger partial charge in [0.2, 0.25) is 0 Å². The van der Waals surface area contributed by atoms with Crippen molar-refractivity contribution in [3.63, 3.8) is 0 Å². The van der Waals surface area contributed by atoms with E-state index >= 15 is 0 Å². The van der Waals surface area contributed by atoms with Crippen molar-refractivity contribution in [3.05, 3.63) is 108 Å². The van der Waals surface area contributed by atoms with E-state index in [1.165, 1.54) is 0 Å². The van der Waals surface area contributed by atoms with Crippen LogP contribution in [0, 0.1) is 0 Å². The van der Waals surface area contributed by atoms with Crippen LogP contribution in [-0.4, -0.2) is 27.3 Å². The topological polar surface area (TPSA) is 52.9 Å². The molecule has 2 aliphatic rings. The van der Waals surface area contributed by atoms with Crippen molar-refractivity contribution in [3.8, 4) is 0 Å². The van der Waals surface area contributed by atoms with Crippen LogP contribution in [-0.2, 0) is 16.9 Å². The van der Waals surface area contributed by atoms with E-state index in [0.29, 0.717) is 23.5 Å². The summed E-state index contributed by atoms with van der Waals surface area (Å²) in [4.78, 5) is 20.5. The highest BCUT2D eigenvalue weighted by Crippen LogP contribution is 2.44. The second-order valence-corrected chi connectivity index (χ2v) is 8.49. The van der Waals surface area contributed by atoms with Crippen molar-refractivity contribution >= 4 is 11.7 Å². The van der Waals surface area contributed by atoms with Crippen molar-refractivity contribution in [2.75, 3.05) is 0 Å². The molecule has 3 aromatic rings. The zero-order chi connectivity index (χ0) is 21.3. The second kappa shape index (κ2) is 7.78. The van der Waals surface area contributed by atoms with E-state index in [1.807, 2.05) is 91.0 Å². The third-order valence-electron chi connectivity index (χ3n) is 6.54. The average molecular weight is 411 g/mol.